The number of nitrogens with zero attached hydrogens (tertiary/aromatic N) is 2. The van der Waals surface area contributed by atoms with E-state index in [1.54, 1.807) is 24.3 Å². The predicted octanol–water partition coefficient (Wildman–Crippen LogP) is 4.84. The number of fused-ring (bicyclic) bond motifs is 1. The molecule has 0 aliphatic carbocycles. The molecule has 9 heteroatoms. The lowest BCUT2D eigenvalue weighted by Crippen LogP contribution is -2.30. The highest BCUT2D eigenvalue weighted by molar-refractivity contribution is 8.01. The number of hydrogen-bond acceptors (Lipinski definition) is 5. The minimum absolute atomic E-state index is 0.0284. The van der Waals surface area contributed by atoms with Crippen molar-refractivity contribution in [2.24, 2.45) is 0 Å². The van der Waals surface area contributed by atoms with E-state index in [1.165, 1.54) is 28.2 Å². The number of thioether (sulfide) groups is 1. The van der Waals surface area contributed by atoms with Gasteiger partial charge in [-0.1, -0.05) is 48.0 Å². The normalized spacial score (nSPS) is 17.8. The van der Waals surface area contributed by atoms with E-state index in [4.69, 9.17) is 11.6 Å². The number of nitro groups is 1. The van der Waals surface area contributed by atoms with Crippen molar-refractivity contribution in [2.75, 3.05) is 12.3 Å². The van der Waals surface area contributed by atoms with E-state index >= 15 is 0 Å². The Morgan fingerprint density at radius 2 is 1.82 bits per heavy atom. The molecule has 0 bridgehead atoms. The molecule has 144 valence electrons. The molecule has 0 radical (unpaired) electrons. The second kappa shape index (κ2) is 7.36. The Bertz CT molecular complexity index is 1180. The van der Waals surface area contributed by atoms with Crippen molar-refractivity contribution < 1.29 is 13.3 Å². The van der Waals surface area contributed by atoms with E-state index in [-0.39, 0.29) is 15.6 Å². The summed E-state index contributed by atoms with van der Waals surface area (Å²) in [5, 5.41) is 12.5. The SMILES string of the molecule is O=[N+]([O-])c1cc(C2SCCN2S(=O)(=O)c2ccc3ccccc3c2)ccc1Cl. The van der Waals surface area contributed by atoms with Crippen LogP contribution in [0.4, 0.5) is 5.69 Å². The van der Waals surface area contributed by atoms with Gasteiger partial charge in [-0.3, -0.25) is 10.1 Å². The molecule has 1 heterocycles. The second-order valence-corrected chi connectivity index (χ2v) is 9.80. The third kappa shape index (κ3) is 3.37. The number of nitro benzene ring substituents is 1. The van der Waals surface area contributed by atoms with E-state index < -0.39 is 20.3 Å². The minimum Gasteiger partial charge on any atom is -0.258 e. The summed E-state index contributed by atoms with van der Waals surface area (Å²) in [6.45, 7) is 0.334. The molecule has 0 amide bonds. The van der Waals surface area contributed by atoms with E-state index in [9.17, 15) is 18.5 Å². The molecule has 0 saturated carbocycles. The van der Waals surface area contributed by atoms with Crippen LogP contribution in [-0.4, -0.2) is 29.9 Å². The molecular formula is C19H15ClN2O4S2. The molecule has 3 aromatic carbocycles. The van der Waals surface area contributed by atoms with Crippen LogP contribution in [0.15, 0.2) is 65.6 Å². The van der Waals surface area contributed by atoms with Gasteiger partial charge in [0.25, 0.3) is 5.69 Å². The lowest BCUT2D eigenvalue weighted by Gasteiger charge is -2.23. The molecule has 6 nitrogen and oxygen atoms in total. The summed E-state index contributed by atoms with van der Waals surface area (Å²) in [7, 11) is -3.76. The van der Waals surface area contributed by atoms with Crippen LogP contribution in [0, 0.1) is 10.1 Å². The molecule has 1 fully saturated rings. The third-order valence-corrected chi connectivity index (χ3v) is 8.20. The van der Waals surface area contributed by atoms with E-state index in [1.807, 2.05) is 24.3 Å². The van der Waals surface area contributed by atoms with Gasteiger partial charge in [0.15, 0.2) is 0 Å². The van der Waals surface area contributed by atoms with Crippen LogP contribution >= 0.6 is 23.4 Å². The molecule has 0 aromatic heterocycles. The van der Waals surface area contributed by atoms with Gasteiger partial charge in [0, 0.05) is 18.4 Å². The van der Waals surface area contributed by atoms with E-state index in [0.717, 1.165) is 10.8 Å². The first-order chi connectivity index (χ1) is 13.4. The van der Waals surface area contributed by atoms with Gasteiger partial charge in [0.2, 0.25) is 10.0 Å². The molecule has 1 saturated heterocycles. The Morgan fingerprint density at radius 1 is 1.07 bits per heavy atom. The molecule has 3 aromatic rings. The van der Waals surface area contributed by atoms with Crippen molar-refractivity contribution in [1.29, 1.82) is 0 Å². The van der Waals surface area contributed by atoms with Gasteiger partial charge in [-0.15, -0.1) is 11.8 Å². The first kappa shape index (κ1) is 19.2. The molecular weight excluding hydrogens is 420 g/mol. The average molecular weight is 435 g/mol. The van der Waals surface area contributed by atoms with Crippen molar-refractivity contribution in [3.8, 4) is 0 Å². The van der Waals surface area contributed by atoms with Gasteiger partial charge in [-0.05, 0) is 34.5 Å². The Kier molecular flexibility index (Phi) is 5.05. The van der Waals surface area contributed by atoms with E-state index in [2.05, 4.69) is 0 Å². The zero-order chi connectivity index (χ0) is 19.9. The van der Waals surface area contributed by atoms with Crippen LogP contribution in [0.3, 0.4) is 0 Å². The predicted molar refractivity (Wildman–Crippen MR) is 111 cm³/mol. The van der Waals surface area contributed by atoms with E-state index in [0.29, 0.717) is 17.9 Å². The third-order valence-electron chi connectivity index (χ3n) is 4.63. The number of benzene rings is 3. The highest BCUT2D eigenvalue weighted by Gasteiger charge is 2.37. The summed E-state index contributed by atoms with van der Waals surface area (Å²) in [5.41, 5.74) is 0.317. The Labute approximate surface area is 171 Å². The van der Waals surface area contributed by atoms with Crippen molar-refractivity contribution >= 4 is 49.8 Å². The maximum absolute atomic E-state index is 13.3. The summed E-state index contributed by atoms with van der Waals surface area (Å²) in [4.78, 5) is 10.8. The highest BCUT2D eigenvalue weighted by atomic mass is 35.5. The first-order valence-corrected chi connectivity index (χ1v) is 11.3. The van der Waals surface area contributed by atoms with Gasteiger partial charge >= 0.3 is 0 Å². The minimum atomic E-state index is -3.76. The molecule has 1 aliphatic rings. The fourth-order valence-corrected chi connectivity index (χ4v) is 6.70. The van der Waals surface area contributed by atoms with Crippen LogP contribution in [0.1, 0.15) is 10.9 Å². The van der Waals surface area contributed by atoms with Crippen molar-refractivity contribution in [2.45, 2.75) is 10.3 Å². The Morgan fingerprint density at radius 3 is 2.57 bits per heavy atom. The Balaban J connectivity index is 1.74. The van der Waals surface area contributed by atoms with Gasteiger partial charge in [0.1, 0.15) is 5.02 Å². The van der Waals surface area contributed by atoms with Crippen LogP contribution in [0.2, 0.25) is 5.02 Å². The standard InChI is InChI=1S/C19H15ClN2O4S2/c20-17-8-6-15(12-18(17)22(23)24)19-21(9-10-27-19)28(25,26)16-7-5-13-3-1-2-4-14(13)11-16/h1-8,11-12,19H,9-10H2. The number of hydrogen-bond donors (Lipinski definition) is 0. The van der Waals surface area contributed by atoms with Crippen molar-refractivity contribution in [3.63, 3.8) is 0 Å². The molecule has 0 spiro atoms. The number of halogens is 1. The maximum Gasteiger partial charge on any atom is 0.288 e. The molecule has 1 atom stereocenters. The van der Waals surface area contributed by atoms with Crippen LogP contribution in [0.5, 0.6) is 0 Å². The monoisotopic (exact) mass is 434 g/mol. The highest BCUT2D eigenvalue weighted by Crippen LogP contribution is 2.43. The van der Waals surface area contributed by atoms with Crippen LogP contribution < -0.4 is 0 Å². The zero-order valence-electron chi connectivity index (χ0n) is 14.5. The van der Waals surface area contributed by atoms with Gasteiger partial charge in [-0.25, -0.2) is 8.42 Å². The van der Waals surface area contributed by atoms with Gasteiger partial charge in [0.05, 0.1) is 15.2 Å². The zero-order valence-corrected chi connectivity index (χ0v) is 16.9. The van der Waals surface area contributed by atoms with Crippen molar-refractivity contribution in [3.05, 3.63) is 81.4 Å². The van der Waals surface area contributed by atoms with Crippen LogP contribution in [-0.2, 0) is 10.0 Å². The summed E-state index contributed by atoms with van der Waals surface area (Å²) >= 11 is 7.33. The molecule has 0 N–H and O–H groups in total. The number of sulfonamides is 1. The molecule has 4 rings (SSSR count). The lowest BCUT2D eigenvalue weighted by molar-refractivity contribution is -0.384. The summed E-state index contributed by atoms with van der Waals surface area (Å²) in [6, 6.07) is 17.0. The topological polar surface area (TPSA) is 80.5 Å². The first-order valence-electron chi connectivity index (χ1n) is 8.44. The summed E-state index contributed by atoms with van der Waals surface area (Å²) in [5.74, 6) is 0.605. The van der Waals surface area contributed by atoms with Crippen molar-refractivity contribution in [1.82, 2.24) is 4.31 Å². The molecule has 28 heavy (non-hydrogen) atoms. The lowest BCUT2D eigenvalue weighted by atomic mass is 10.1. The second-order valence-electron chi connectivity index (χ2n) is 6.32. The fraction of sp³-hybridized carbons (Fsp3) is 0.158. The Hall–Kier alpha value is -2.13. The van der Waals surface area contributed by atoms with Gasteiger partial charge in [-0.2, -0.15) is 4.31 Å². The maximum atomic E-state index is 13.3. The molecule has 1 unspecified atom stereocenters. The quantitative estimate of drug-likeness (QED) is 0.433. The molecule has 1 aliphatic heterocycles. The smallest absolute Gasteiger partial charge is 0.258 e. The average Bonchev–Trinajstić information content (AvgIpc) is 3.18. The van der Waals surface area contributed by atoms with Gasteiger partial charge < -0.3 is 0 Å². The summed E-state index contributed by atoms with van der Waals surface area (Å²) < 4.78 is 28.0. The fourth-order valence-electron chi connectivity index (χ4n) is 3.25. The number of rotatable bonds is 4. The van der Waals surface area contributed by atoms with Crippen LogP contribution in [0.25, 0.3) is 10.8 Å². The largest absolute Gasteiger partial charge is 0.288 e. The summed E-state index contributed by atoms with van der Waals surface area (Å²) in [6.07, 6.45) is 0.